The van der Waals surface area contributed by atoms with Gasteiger partial charge in [-0.25, -0.2) is 0 Å². The maximum Gasteiger partial charge on any atom is 0.238 e. The van der Waals surface area contributed by atoms with Crippen molar-refractivity contribution >= 4 is 11.6 Å². The van der Waals surface area contributed by atoms with Gasteiger partial charge < -0.3 is 11.1 Å². The van der Waals surface area contributed by atoms with Crippen LogP contribution in [-0.4, -0.2) is 36.5 Å². The summed E-state index contributed by atoms with van der Waals surface area (Å²) in [5.74, 6) is 0.585. The SMILES string of the molecule is Cc1ccc(NC(=O)CN2CCC(C)C(N)C2)cc1. The molecule has 0 spiro atoms. The number of nitrogens with two attached hydrogens (primary N) is 1. The number of piperidine rings is 1. The van der Waals surface area contributed by atoms with Crippen LogP contribution in [0.4, 0.5) is 5.69 Å². The van der Waals surface area contributed by atoms with Crippen LogP contribution in [0.3, 0.4) is 0 Å². The van der Waals surface area contributed by atoms with E-state index in [0.29, 0.717) is 12.5 Å². The first-order valence-corrected chi connectivity index (χ1v) is 6.89. The van der Waals surface area contributed by atoms with Crippen molar-refractivity contribution in [3.63, 3.8) is 0 Å². The third kappa shape index (κ3) is 4.04. The number of hydrogen-bond acceptors (Lipinski definition) is 3. The maximum atomic E-state index is 12.0. The lowest BCUT2D eigenvalue weighted by atomic mass is 9.94. The van der Waals surface area contributed by atoms with E-state index in [1.807, 2.05) is 31.2 Å². The van der Waals surface area contributed by atoms with E-state index in [-0.39, 0.29) is 11.9 Å². The molecule has 2 rings (SSSR count). The van der Waals surface area contributed by atoms with Gasteiger partial charge in [0, 0.05) is 18.3 Å². The molecule has 0 aromatic heterocycles. The normalized spacial score (nSPS) is 24.2. The minimum Gasteiger partial charge on any atom is -0.326 e. The fourth-order valence-electron chi connectivity index (χ4n) is 2.35. The van der Waals surface area contributed by atoms with Crippen LogP contribution in [0.5, 0.6) is 0 Å². The van der Waals surface area contributed by atoms with Gasteiger partial charge in [-0.2, -0.15) is 0 Å². The van der Waals surface area contributed by atoms with E-state index in [0.717, 1.165) is 25.2 Å². The quantitative estimate of drug-likeness (QED) is 0.869. The van der Waals surface area contributed by atoms with E-state index in [2.05, 4.69) is 17.1 Å². The Morgan fingerprint density at radius 3 is 2.74 bits per heavy atom. The van der Waals surface area contributed by atoms with Crippen LogP contribution in [-0.2, 0) is 4.79 Å². The highest BCUT2D eigenvalue weighted by molar-refractivity contribution is 5.92. The summed E-state index contributed by atoms with van der Waals surface area (Å²) in [7, 11) is 0. The van der Waals surface area contributed by atoms with Gasteiger partial charge in [0.1, 0.15) is 0 Å². The first kappa shape index (κ1) is 14.0. The molecule has 1 heterocycles. The average Bonchev–Trinajstić information content (AvgIpc) is 2.37. The Bertz CT molecular complexity index is 430. The van der Waals surface area contributed by atoms with Crippen molar-refractivity contribution in [2.24, 2.45) is 11.7 Å². The van der Waals surface area contributed by atoms with Crippen molar-refractivity contribution in [2.75, 3.05) is 25.0 Å². The van der Waals surface area contributed by atoms with E-state index >= 15 is 0 Å². The summed E-state index contributed by atoms with van der Waals surface area (Å²) in [4.78, 5) is 14.1. The molecule has 3 N–H and O–H groups in total. The second kappa shape index (κ2) is 6.17. The van der Waals surface area contributed by atoms with Crippen molar-refractivity contribution in [1.29, 1.82) is 0 Å². The number of nitrogens with zero attached hydrogens (tertiary/aromatic N) is 1. The van der Waals surface area contributed by atoms with Crippen molar-refractivity contribution in [3.8, 4) is 0 Å². The molecule has 104 valence electrons. The standard InChI is InChI=1S/C15H23N3O/c1-11-3-5-13(6-4-11)17-15(19)10-18-8-7-12(2)14(16)9-18/h3-6,12,14H,7-10,16H2,1-2H3,(H,17,19). The largest absolute Gasteiger partial charge is 0.326 e. The number of anilines is 1. The Morgan fingerprint density at radius 2 is 2.11 bits per heavy atom. The number of rotatable bonds is 3. The summed E-state index contributed by atoms with van der Waals surface area (Å²) >= 11 is 0. The molecule has 1 aliphatic heterocycles. The summed E-state index contributed by atoms with van der Waals surface area (Å²) in [6.07, 6.45) is 1.07. The third-order valence-electron chi connectivity index (χ3n) is 3.80. The predicted octanol–water partition coefficient (Wildman–Crippen LogP) is 1.60. The molecule has 1 aromatic rings. The Kier molecular flexibility index (Phi) is 4.56. The van der Waals surface area contributed by atoms with Crippen LogP contribution in [0.15, 0.2) is 24.3 Å². The van der Waals surface area contributed by atoms with E-state index in [1.165, 1.54) is 5.56 Å². The number of likely N-dealkylation sites (tertiary alicyclic amines) is 1. The molecule has 4 heteroatoms. The lowest BCUT2D eigenvalue weighted by Crippen LogP contribution is -2.49. The fourth-order valence-corrected chi connectivity index (χ4v) is 2.35. The van der Waals surface area contributed by atoms with Crippen LogP contribution in [0, 0.1) is 12.8 Å². The van der Waals surface area contributed by atoms with Crippen LogP contribution in [0.2, 0.25) is 0 Å². The molecule has 19 heavy (non-hydrogen) atoms. The highest BCUT2D eigenvalue weighted by Gasteiger charge is 2.24. The molecular formula is C15H23N3O. The topological polar surface area (TPSA) is 58.4 Å². The lowest BCUT2D eigenvalue weighted by molar-refractivity contribution is -0.117. The minimum absolute atomic E-state index is 0.0330. The maximum absolute atomic E-state index is 12.0. The number of hydrogen-bond donors (Lipinski definition) is 2. The van der Waals surface area contributed by atoms with Gasteiger partial charge >= 0.3 is 0 Å². The number of carbonyl (C=O) groups is 1. The second-order valence-electron chi connectivity index (χ2n) is 5.58. The summed E-state index contributed by atoms with van der Waals surface area (Å²) in [6.45, 7) is 6.39. The van der Waals surface area contributed by atoms with Crippen LogP contribution in [0.1, 0.15) is 18.9 Å². The second-order valence-corrected chi connectivity index (χ2v) is 5.58. The minimum atomic E-state index is 0.0330. The van der Waals surface area contributed by atoms with E-state index < -0.39 is 0 Å². The first-order valence-electron chi connectivity index (χ1n) is 6.89. The summed E-state index contributed by atoms with van der Waals surface area (Å²) in [5.41, 5.74) is 8.08. The number of nitrogens with one attached hydrogen (secondary N) is 1. The number of benzene rings is 1. The molecule has 0 bridgehead atoms. The molecule has 2 atom stereocenters. The lowest BCUT2D eigenvalue weighted by Gasteiger charge is -2.34. The highest BCUT2D eigenvalue weighted by Crippen LogP contribution is 2.15. The predicted molar refractivity (Wildman–Crippen MR) is 78.0 cm³/mol. The third-order valence-corrected chi connectivity index (χ3v) is 3.80. The molecule has 1 aromatic carbocycles. The van der Waals surface area contributed by atoms with Gasteiger partial charge in [-0.1, -0.05) is 24.6 Å². The van der Waals surface area contributed by atoms with Crippen molar-refractivity contribution in [1.82, 2.24) is 4.90 Å². The zero-order valence-electron chi connectivity index (χ0n) is 11.7. The Morgan fingerprint density at radius 1 is 1.42 bits per heavy atom. The molecule has 1 aliphatic rings. The molecule has 0 aliphatic carbocycles. The Hall–Kier alpha value is -1.39. The summed E-state index contributed by atoms with van der Waals surface area (Å²) in [6, 6.07) is 8.03. The molecule has 0 saturated carbocycles. The highest BCUT2D eigenvalue weighted by atomic mass is 16.2. The molecule has 1 saturated heterocycles. The molecule has 1 fully saturated rings. The van der Waals surface area contributed by atoms with Crippen LogP contribution in [0.25, 0.3) is 0 Å². The monoisotopic (exact) mass is 261 g/mol. The first-order chi connectivity index (χ1) is 9.04. The van der Waals surface area contributed by atoms with Gasteiger partial charge in [0.05, 0.1) is 6.54 Å². The van der Waals surface area contributed by atoms with Crippen molar-refractivity contribution in [3.05, 3.63) is 29.8 Å². The van der Waals surface area contributed by atoms with Gasteiger partial charge in [0.25, 0.3) is 0 Å². The summed E-state index contributed by atoms with van der Waals surface area (Å²) in [5, 5.41) is 2.92. The Labute approximate surface area is 115 Å². The van der Waals surface area contributed by atoms with Gasteiger partial charge in [-0.15, -0.1) is 0 Å². The number of carbonyl (C=O) groups excluding carboxylic acids is 1. The Balaban J connectivity index is 1.83. The molecule has 4 nitrogen and oxygen atoms in total. The number of aryl methyl sites for hydroxylation is 1. The fraction of sp³-hybridized carbons (Fsp3) is 0.533. The average molecular weight is 261 g/mol. The number of amides is 1. The van der Waals surface area contributed by atoms with E-state index in [1.54, 1.807) is 0 Å². The molecule has 1 amide bonds. The van der Waals surface area contributed by atoms with Crippen LogP contribution < -0.4 is 11.1 Å². The zero-order valence-corrected chi connectivity index (χ0v) is 11.7. The smallest absolute Gasteiger partial charge is 0.238 e. The molecule has 0 radical (unpaired) electrons. The van der Waals surface area contributed by atoms with Crippen LogP contribution >= 0.6 is 0 Å². The van der Waals surface area contributed by atoms with Gasteiger partial charge in [-0.05, 0) is 37.9 Å². The van der Waals surface area contributed by atoms with Crippen molar-refractivity contribution in [2.45, 2.75) is 26.3 Å². The molecule has 2 unspecified atom stereocenters. The van der Waals surface area contributed by atoms with Gasteiger partial charge in [0.2, 0.25) is 5.91 Å². The van der Waals surface area contributed by atoms with E-state index in [9.17, 15) is 4.79 Å². The summed E-state index contributed by atoms with van der Waals surface area (Å²) < 4.78 is 0. The van der Waals surface area contributed by atoms with Crippen molar-refractivity contribution < 1.29 is 4.79 Å². The van der Waals surface area contributed by atoms with Gasteiger partial charge in [0.15, 0.2) is 0 Å². The molecular weight excluding hydrogens is 238 g/mol. The van der Waals surface area contributed by atoms with Gasteiger partial charge in [-0.3, -0.25) is 9.69 Å². The van der Waals surface area contributed by atoms with E-state index in [4.69, 9.17) is 5.73 Å². The zero-order chi connectivity index (χ0) is 13.8.